The summed E-state index contributed by atoms with van der Waals surface area (Å²) < 4.78 is 13.2. The molecule has 1 amide bonds. The molecule has 0 atom stereocenters. The summed E-state index contributed by atoms with van der Waals surface area (Å²) in [5.41, 5.74) is 1.59. The second-order valence-corrected chi connectivity index (χ2v) is 4.97. The quantitative estimate of drug-likeness (QED) is 0.433. The van der Waals surface area contributed by atoms with Crippen LogP contribution < -0.4 is 10.6 Å². The minimum absolute atomic E-state index is 0. The summed E-state index contributed by atoms with van der Waals surface area (Å²) in [6.07, 6.45) is 0.406. The van der Waals surface area contributed by atoms with Crippen LogP contribution in [0.1, 0.15) is 17.5 Å². The van der Waals surface area contributed by atoms with Crippen LogP contribution in [0.4, 0.5) is 4.39 Å². The van der Waals surface area contributed by atoms with E-state index in [1.807, 2.05) is 0 Å². The van der Waals surface area contributed by atoms with E-state index < -0.39 is 0 Å². The van der Waals surface area contributed by atoms with E-state index in [9.17, 15) is 9.18 Å². The highest BCUT2D eigenvalue weighted by Crippen LogP contribution is 2.08. The molecule has 0 saturated carbocycles. The van der Waals surface area contributed by atoms with E-state index >= 15 is 0 Å². The van der Waals surface area contributed by atoms with Crippen molar-refractivity contribution in [3.63, 3.8) is 0 Å². The maximum Gasteiger partial charge on any atom is 0.223 e. The number of carbonyl (C=O) groups is 1. The van der Waals surface area contributed by atoms with Crippen LogP contribution in [0.2, 0.25) is 0 Å². The zero-order chi connectivity index (χ0) is 15.8. The van der Waals surface area contributed by atoms with Crippen molar-refractivity contribution < 1.29 is 9.18 Å². The van der Waals surface area contributed by atoms with Crippen LogP contribution in [0, 0.1) is 12.7 Å². The van der Waals surface area contributed by atoms with E-state index in [4.69, 9.17) is 0 Å². The summed E-state index contributed by atoms with van der Waals surface area (Å²) in [5.74, 6) is 0.471. The molecule has 0 aliphatic carbocycles. The number of nitrogens with one attached hydrogen (secondary N) is 2. The van der Waals surface area contributed by atoms with Gasteiger partial charge in [0.1, 0.15) is 5.82 Å². The van der Waals surface area contributed by atoms with Crippen molar-refractivity contribution in [1.82, 2.24) is 15.5 Å². The molecule has 22 heavy (non-hydrogen) atoms. The Morgan fingerprint density at radius 3 is 2.55 bits per heavy atom. The lowest BCUT2D eigenvalue weighted by atomic mass is 10.1. The predicted octanol–water partition coefficient (Wildman–Crippen LogP) is 1.90. The van der Waals surface area contributed by atoms with E-state index in [-0.39, 0.29) is 35.7 Å². The number of halogens is 2. The summed E-state index contributed by atoms with van der Waals surface area (Å²) in [4.78, 5) is 17.1. The van der Waals surface area contributed by atoms with E-state index in [2.05, 4.69) is 15.6 Å². The Labute approximate surface area is 148 Å². The Morgan fingerprint density at radius 1 is 1.32 bits per heavy atom. The normalized spacial score (nSPS) is 10.7. The van der Waals surface area contributed by atoms with E-state index in [1.54, 1.807) is 45.1 Å². The summed E-state index contributed by atoms with van der Waals surface area (Å²) in [5, 5.41) is 6.20. The first kappa shape index (κ1) is 20.6. The molecule has 0 radical (unpaired) electrons. The summed E-state index contributed by atoms with van der Waals surface area (Å²) in [7, 11) is 5.12. The van der Waals surface area contributed by atoms with Crippen LogP contribution in [0.3, 0.4) is 0 Å². The molecule has 1 rings (SSSR count). The Hall–Kier alpha value is -1.38. The maximum absolute atomic E-state index is 13.2. The molecular weight excluding hydrogens is 398 g/mol. The first-order valence-electron chi connectivity index (χ1n) is 6.83. The number of guanidine groups is 1. The van der Waals surface area contributed by atoms with Gasteiger partial charge in [0.2, 0.25) is 5.91 Å². The summed E-state index contributed by atoms with van der Waals surface area (Å²) in [6.45, 7) is 2.79. The average Bonchev–Trinajstić information content (AvgIpc) is 2.45. The summed E-state index contributed by atoms with van der Waals surface area (Å²) in [6, 6.07) is 4.99. The molecule has 7 heteroatoms. The summed E-state index contributed by atoms with van der Waals surface area (Å²) >= 11 is 0. The molecule has 2 N–H and O–H groups in total. The van der Waals surface area contributed by atoms with Gasteiger partial charge >= 0.3 is 0 Å². The number of hydrogen-bond acceptors (Lipinski definition) is 2. The molecule has 0 unspecified atom stereocenters. The van der Waals surface area contributed by atoms with Gasteiger partial charge in [-0.15, -0.1) is 24.0 Å². The van der Waals surface area contributed by atoms with Crippen LogP contribution in [-0.4, -0.2) is 44.5 Å². The van der Waals surface area contributed by atoms with E-state index in [1.165, 1.54) is 6.07 Å². The number of carbonyl (C=O) groups excluding carboxylic acids is 1. The highest BCUT2D eigenvalue weighted by molar-refractivity contribution is 14.0. The van der Waals surface area contributed by atoms with Crippen LogP contribution >= 0.6 is 24.0 Å². The lowest BCUT2D eigenvalue weighted by Crippen LogP contribution is -2.38. The molecule has 0 aliphatic heterocycles. The van der Waals surface area contributed by atoms with Gasteiger partial charge in [0.25, 0.3) is 0 Å². The van der Waals surface area contributed by atoms with Gasteiger partial charge in [0.15, 0.2) is 5.96 Å². The SMILES string of the molecule is CN=C(NCCC(=O)N(C)C)NCc1ccc(F)c(C)c1.I. The number of amides is 1. The Kier molecular flexibility index (Phi) is 9.71. The predicted molar refractivity (Wildman–Crippen MR) is 98.1 cm³/mol. The van der Waals surface area contributed by atoms with Gasteiger partial charge < -0.3 is 15.5 Å². The number of nitrogens with zero attached hydrogens (tertiary/aromatic N) is 2. The molecule has 0 heterocycles. The van der Waals surface area contributed by atoms with Crippen molar-refractivity contribution in [2.24, 2.45) is 4.99 Å². The largest absolute Gasteiger partial charge is 0.356 e. The monoisotopic (exact) mass is 422 g/mol. The van der Waals surface area contributed by atoms with E-state index in [0.29, 0.717) is 31.0 Å². The molecule has 0 spiro atoms. The topological polar surface area (TPSA) is 56.7 Å². The molecule has 0 bridgehead atoms. The molecule has 0 aromatic heterocycles. The minimum atomic E-state index is -0.205. The second-order valence-electron chi connectivity index (χ2n) is 4.97. The molecular formula is C15H24FIN4O. The molecule has 1 aromatic rings. The zero-order valence-corrected chi connectivity index (χ0v) is 15.8. The standard InChI is InChI=1S/C15H23FN4O.HI/c1-11-9-12(5-6-13(11)16)10-19-15(17-2)18-8-7-14(21)20(3)4;/h5-6,9H,7-8,10H2,1-4H3,(H2,17,18,19);1H. The van der Waals surface area contributed by atoms with Gasteiger partial charge in [-0.3, -0.25) is 9.79 Å². The maximum atomic E-state index is 13.2. The van der Waals surface area contributed by atoms with Crippen molar-refractivity contribution in [1.29, 1.82) is 0 Å². The average molecular weight is 422 g/mol. The molecule has 5 nitrogen and oxygen atoms in total. The number of rotatable bonds is 5. The lowest BCUT2D eigenvalue weighted by molar-refractivity contribution is -0.128. The van der Waals surface area contributed by atoms with Gasteiger partial charge in [0, 0.05) is 40.7 Å². The zero-order valence-electron chi connectivity index (χ0n) is 13.4. The van der Waals surface area contributed by atoms with Crippen molar-refractivity contribution in [2.45, 2.75) is 19.9 Å². The second kappa shape index (κ2) is 10.4. The third kappa shape index (κ3) is 7.06. The van der Waals surface area contributed by atoms with Gasteiger partial charge in [0.05, 0.1) is 0 Å². The van der Waals surface area contributed by atoms with Crippen LogP contribution in [0.5, 0.6) is 0 Å². The molecule has 0 saturated heterocycles. The van der Waals surface area contributed by atoms with Crippen molar-refractivity contribution in [3.8, 4) is 0 Å². The van der Waals surface area contributed by atoms with Crippen molar-refractivity contribution in [3.05, 3.63) is 35.1 Å². The van der Waals surface area contributed by atoms with E-state index in [0.717, 1.165) is 5.56 Å². The molecule has 1 aromatic carbocycles. The fraction of sp³-hybridized carbons (Fsp3) is 0.467. The van der Waals surface area contributed by atoms with Crippen molar-refractivity contribution >= 4 is 35.8 Å². The smallest absolute Gasteiger partial charge is 0.223 e. The first-order valence-corrected chi connectivity index (χ1v) is 6.83. The lowest BCUT2D eigenvalue weighted by Gasteiger charge is -2.14. The van der Waals surface area contributed by atoms with Gasteiger partial charge in [-0.25, -0.2) is 4.39 Å². The molecule has 0 fully saturated rings. The fourth-order valence-electron chi connectivity index (χ4n) is 1.73. The van der Waals surface area contributed by atoms with Gasteiger partial charge in [-0.2, -0.15) is 0 Å². The highest BCUT2D eigenvalue weighted by Gasteiger charge is 2.05. The first-order chi connectivity index (χ1) is 9.93. The van der Waals surface area contributed by atoms with Gasteiger partial charge in [-0.1, -0.05) is 12.1 Å². The number of aliphatic imine (C=N–C) groups is 1. The highest BCUT2D eigenvalue weighted by atomic mass is 127. The number of aryl methyl sites for hydroxylation is 1. The van der Waals surface area contributed by atoms with Crippen LogP contribution in [0.15, 0.2) is 23.2 Å². The number of benzene rings is 1. The minimum Gasteiger partial charge on any atom is -0.356 e. The van der Waals surface area contributed by atoms with Crippen LogP contribution in [0.25, 0.3) is 0 Å². The third-order valence-corrected chi connectivity index (χ3v) is 3.04. The molecule has 0 aliphatic rings. The Morgan fingerprint density at radius 2 is 2.00 bits per heavy atom. The van der Waals surface area contributed by atoms with Crippen molar-refractivity contribution in [2.75, 3.05) is 27.7 Å². The van der Waals surface area contributed by atoms with Gasteiger partial charge in [-0.05, 0) is 24.1 Å². The third-order valence-electron chi connectivity index (χ3n) is 3.04. The number of hydrogen-bond donors (Lipinski definition) is 2. The van der Waals surface area contributed by atoms with Crippen LogP contribution in [-0.2, 0) is 11.3 Å². The fourth-order valence-corrected chi connectivity index (χ4v) is 1.73. The Bertz CT molecular complexity index is 520. The Balaban J connectivity index is 0.00000441. The molecule has 124 valence electrons.